The molecule has 0 aliphatic carbocycles. The Balaban J connectivity index is -0.0000000833. The summed E-state index contributed by atoms with van der Waals surface area (Å²) < 4.78 is 55.3. The van der Waals surface area contributed by atoms with Gasteiger partial charge in [-0.05, 0) is 13.8 Å². The molecule has 0 aliphatic heterocycles. The molecule has 0 aromatic heterocycles. The van der Waals surface area contributed by atoms with Crippen LogP contribution in [0.1, 0.15) is 16.7 Å². The molecule has 0 fully saturated rings. The Bertz CT molecular complexity index is 315. The van der Waals surface area contributed by atoms with Crippen LogP contribution >= 0.6 is 0 Å². The maximum absolute atomic E-state index is 10.3. The van der Waals surface area contributed by atoms with E-state index in [1.807, 2.05) is 0 Å². The third kappa shape index (κ3) is 4.37. The van der Waals surface area contributed by atoms with Crippen LogP contribution in [-0.2, 0) is 20.2 Å². The first-order chi connectivity index (χ1) is 4.50. The van der Waals surface area contributed by atoms with Crippen molar-refractivity contribution in [3.05, 3.63) is 0 Å². The van der Waals surface area contributed by atoms with E-state index in [0.717, 1.165) is 0 Å². The first-order valence-corrected chi connectivity index (χ1v) is 5.32. The smallest absolute Gasteiger partial charge is 1.00 e. The van der Waals surface area contributed by atoms with Crippen LogP contribution in [0, 0.1) is 0 Å². The molecule has 0 bridgehead atoms. The van der Waals surface area contributed by atoms with Gasteiger partial charge in [0.15, 0.2) is 0 Å². The molecule has 6 nitrogen and oxygen atoms in total. The van der Waals surface area contributed by atoms with Crippen LogP contribution in [0.4, 0.5) is 0 Å². The second-order valence-electron chi connectivity index (χ2n) is 2.35. The van der Waals surface area contributed by atoms with Crippen molar-refractivity contribution in [3.63, 3.8) is 0 Å². The van der Waals surface area contributed by atoms with Crippen LogP contribution in [0.25, 0.3) is 0 Å². The summed E-state index contributed by atoms with van der Waals surface area (Å²) in [5.74, 6) is 0. The first-order valence-electron chi connectivity index (χ1n) is 2.44. The zero-order valence-corrected chi connectivity index (χ0v) is 9.48. The van der Waals surface area contributed by atoms with Crippen LogP contribution in [0.15, 0.2) is 0 Å². The predicted octanol–water partition coefficient (Wildman–Crippen LogP) is -6.27. The standard InChI is InChI=1S/C3H8O6S2.2Li.2H/c1-3(2,10(4,5)6)11(7,8)9;;;;/h1-2H3,(H,4,5,6)(H,7,8,9);;;;/q;2*+1;2*-1. The van der Waals surface area contributed by atoms with E-state index < -0.39 is 24.3 Å². The summed E-state index contributed by atoms with van der Waals surface area (Å²) in [7, 11) is -9.60. The number of hydrogen-bond donors (Lipinski definition) is 2. The van der Waals surface area contributed by atoms with Gasteiger partial charge < -0.3 is 2.85 Å². The van der Waals surface area contributed by atoms with Crippen molar-refractivity contribution in [1.82, 2.24) is 0 Å². The summed E-state index contributed by atoms with van der Waals surface area (Å²) >= 11 is 0. The van der Waals surface area contributed by atoms with Crippen LogP contribution < -0.4 is 37.7 Å². The van der Waals surface area contributed by atoms with Gasteiger partial charge in [-0.15, -0.1) is 0 Å². The molecule has 0 amide bonds. The molecule has 10 heteroatoms. The molecular formula is C3H10Li2O6S2. The first kappa shape index (κ1) is 19.6. The van der Waals surface area contributed by atoms with Gasteiger partial charge in [-0.1, -0.05) is 0 Å². The van der Waals surface area contributed by atoms with Gasteiger partial charge in [0.1, 0.15) is 0 Å². The molecule has 0 saturated carbocycles. The van der Waals surface area contributed by atoms with Gasteiger partial charge in [0, 0.05) is 0 Å². The van der Waals surface area contributed by atoms with Crippen molar-refractivity contribution in [2.45, 2.75) is 17.9 Å². The fraction of sp³-hybridized carbons (Fsp3) is 1.00. The molecule has 0 atom stereocenters. The Morgan fingerprint density at radius 3 is 1.08 bits per heavy atom. The molecule has 0 aliphatic rings. The van der Waals surface area contributed by atoms with Crippen molar-refractivity contribution in [1.29, 1.82) is 0 Å². The maximum Gasteiger partial charge on any atom is 1.00 e. The Labute approximate surface area is 104 Å². The topological polar surface area (TPSA) is 109 Å². The maximum atomic E-state index is 10.3. The van der Waals surface area contributed by atoms with E-state index >= 15 is 0 Å². The van der Waals surface area contributed by atoms with Crippen molar-refractivity contribution < 1.29 is 66.5 Å². The molecular weight excluding hydrogens is 210 g/mol. The van der Waals surface area contributed by atoms with Gasteiger partial charge in [-0.25, -0.2) is 0 Å². The molecule has 2 N–H and O–H groups in total. The van der Waals surface area contributed by atoms with Crippen molar-refractivity contribution >= 4 is 20.2 Å². The monoisotopic (exact) mass is 220 g/mol. The summed E-state index contributed by atoms with van der Waals surface area (Å²) in [5.41, 5.74) is 0. The van der Waals surface area contributed by atoms with Gasteiger partial charge in [-0.2, -0.15) is 16.8 Å². The summed E-state index contributed by atoms with van der Waals surface area (Å²) in [4.78, 5) is 0. The quantitative estimate of drug-likeness (QED) is 0.354. The molecule has 0 rings (SSSR count). The van der Waals surface area contributed by atoms with E-state index in [4.69, 9.17) is 9.11 Å². The van der Waals surface area contributed by atoms with Crippen LogP contribution in [0.3, 0.4) is 0 Å². The summed E-state index contributed by atoms with van der Waals surface area (Å²) in [6.45, 7) is 1.36. The molecule has 0 radical (unpaired) electrons. The molecule has 0 aromatic carbocycles. The molecule has 0 saturated heterocycles. The van der Waals surface area contributed by atoms with E-state index in [1.54, 1.807) is 0 Å². The van der Waals surface area contributed by atoms with E-state index in [1.165, 1.54) is 0 Å². The molecule has 0 unspecified atom stereocenters. The zero-order valence-electron chi connectivity index (χ0n) is 9.84. The minimum atomic E-state index is -4.80. The molecule has 0 aromatic rings. The Hall–Kier alpha value is 1.01. The molecule has 13 heavy (non-hydrogen) atoms. The Morgan fingerprint density at radius 1 is 0.923 bits per heavy atom. The van der Waals surface area contributed by atoms with E-state index in [9.17, 15) is 16.8 Å². The second-order valence-corrected chi connectivity index (χ2v) is 6.55. The average molecular weight is 220 g/mol. The van der Waals surface area contributed by atoms with Gasteiger partial charge in [-0.3, -0.25) is 9.11 Å². The number of hydrogen-bond acceptors (Lipinski definition) is 4. The minimum Gasteiger partial charge on any atom is -1.00 e. The van der Waals surface area contributed by atoms with Crippen molar-refractivity contribution in [2.75, 3.05) is 0 Å². The Kier molecular flexibility index (Phi) is 7.82. The summed E-state index contributed by atoms with van der Waals surface area (Å²) in [5, 5.41) is 0. The van der Waals surface area contributed by atoms with Gasteiger partial charge in [0.25, 0.3) is 20.2 Å². The molecule has 0 heterocycles. The largest absolute Gasteiger partial charge is 1.00 e. The third-order valence-corrected chi connectivity index (χ3v) is 4.99. The van der Waals surface area contributed by atoms with E-state index in [2.05, 4.69) is 0 Å². The van der Waals surface area contributed by atoms with Crippen LogP contribution in [0.2, 0.25) is 0 Å². The second kappa shape index (κ2) is 5.20. The van der Waals surface area contributed by atoms with Gasteiger partial charge >= 0.3 is 37.7 Å². The fourth-order valence-electron chi connectivity index (χ4n) is 0.133. The van der Waals surface area contributed by atoms with E-state index in [0.29, 0.717) is 13.8 Å². The molecule has 0 spiro atoms. The minimum absolute atomic E-state index is 0. The van der Waals surface area contributed by atoms with Crippen LogP contribution in [0.5, 0.6) is 0 Å². The Morgan fingerprint density at radius 2 is 1.08 bits per heavy atom. The van der Waals surface area contributed by atoms with Crippen LogP contribution in [-0.4, -0.2) is 30.0 Å². The average Bonchev–Trinajstić information content (AvgIpc) is 1.58. The number of rotatable bonds is 2. The van der Waals surface area contributed by atoms with Gasteiger partial charge in [0.2, 0.25) is 4.08 Å². The molecule has 72 valence electrons. The zero-order chi connectivity index (χ0) is 9.50. The van der Waals surface area contributed by atoms with E-state index in [-0.39, 0.29) is 40.6 Å². The van der Waals surface area contributed by atoms with Crippen molar-refractivity contribution in [2.24, 2.45) is 0 Å². The summed E-state index contributed by atoms with van der Waals surface area (Å²) in [6, 6.07) is 0. The normalized spacial score (nSPS) is 12.6. The van der Waals surface area contributed by atoms with Gasteiger partial charge in [0.05, 0.1) is 0 Å². The predicted molar refractivity (Wildman–Crippen MR) is 39.4 cm³/mol. The fourth-order valence-corrected chi connectivity index (χ4v) is 1.20. The SMILES string of the molecule is CC(C)(S(=O)(=O)O)S(=O)(=O)O.[H-].[H-].[Li+].[Li+]. The van der Waals surface area contributed by atoms with Crippen molar-refractivity contribution in [3.8, 4) is 0 Å². The summed E-state index contributed by atoms with van der Waals surface area (Å²) in [6.07, 6.45) is 0. The third-order valence-electron chi connectivity index (χ3n) is 1.24.